The minimum absolute atomic E-state index is 0.275. The fraction of sp³-hybridized carbons (Fsp3) is 0. The summed E-state index contributed by atoms with van der Waals surface area (Å²) in [7, 11) is 0. The Hall–Kier alpha value is -3.40. The van der Waals surface area contributed by atoms with Gasteiger partial charge in [-0.3, -0.25) is 4.98 Å². The van der Waals surface area contributed by atoms with Crippen molar-refractivity contribution in [2.45, 2.75) is 0 Å². The number of pyridine rings is 1. The second-order valence-corrected chi connectivity index (χ2v) is 5.51. The number of aromatic nitrogens is 1. The maximum absolute atomic E-state index is 12.4. The van der Waals surface area contributed by atoms with Crippen molar-refractivity contribution < 1.29 is 4.79 Å². The van der Waals surface area contributed by atoms with Gasteiger partial charge in [0.05, 0.1) is 5.69 Å². The Bertz CT molecular complexity index is 975. The molecule has 0 fully saturated rings. The van der Waals surface area contributed by atoms with Crippen LogP contribution in [0.5, 0.6) is 0 Å². The Morgan fingerprint density at radius 2 is 1.33 bits per heavy atom. The van der Waals surface area contributed by atoms with E-state index < -0.39 is 0 Å². The van der Waals surface area contributed by atoms with Crippen LogP contribution in [0.25, 0.3) is 21.5 Å². The molecule has 4 heteroatoms. The van der Waals surface area contributed by atoms with Crippen LogP contribution in [0, 0.1) is 0 Å². The van der Waals surface area contributed by atoms with E-state index in [1.54, 1.807) is 24.5 Å². The van der Waals surface area contributed by atoms with Crippen LogP contribution in [0.15, 0.2) is 79.1 Å². The zero-order valence-corrected chi connectivity index (χ0v) is 12.9. The van der Waals surface area contributed by atoms with E-state index in [0.717, 1.165) is 27.2 Å². The minimum Gasteiger partial charge on any atom is -0.308 e. The molecule has 1 heterocycles. The number of benzene rings is 3. The molecule has 0 aliphatic heterocycles. The maximum Gasteiger partial charge on any atom is 0.323 e. The number of nitrogens with zero attached hydrogens (tertiary/aromatic N) is 1. The summed E-state index contributed by atoms with van der Waals surface area (Å²) in [6.07, 6.45) is 3.28. The summed E-state index contributed by atoms with van der Waals surface area (Å²) in [5, 5.41) is 10.1. The van der Waals surface area contributed by atoms with E-state index in [4.69, 9.17) is 0 Å². The third-order valence-electron chi connectivity index (χ3n) is 3.95. The lowest BCUT2D eigenvalue weighted by Gasteiger charge is -2.13. The molecule has 116 valence electrons. The Morgan fingerprint density at radius 1 is 0.750 bits per heavy atom. The first-order chi connectivity index (χ1) is 11.8. The molecular weight excluding hydrogens is 298 g/mol. The van der Waals surface area contributed by atoms with Gasteiger partial charge in [0.15, 0.2) is 0 Å². The average Bonchev–Trinajstić information content (AvgIpc) is 2.62. The topological polar surface area (TPSA) is 54.0 Å². The van der Waals surface area contributed by atoms with Crippen LogP contribution in [-0.4, -0.2) is 11.0 Å². The number of amides is 2. The molecule has 2 amide bonds. The Labute approximate surface area is 139 Å². The van der Waals surface area contributed by atoms with E-state index >= 15 is 0 Å². The first-order valence-electron chi connectivity index (χ1n) is 7.70. The van der Waals surface area contributed by atoms with Crippen molar-refractivity contribution >= 4 is 39.0 Å². The molecule has 0 unspecified atom stereocenters. The number of hydrogen-bond acceptors (Lipinski definition) is 2. The van der Waals surface area contributed by atoms with Gasteiger partial charge >= 0.3 is 6.03 Å². The SMILES string of the molecule is O=C(Nc1ccncc1)Nc1c2ccccc2cc2ccccc12. The van der Waals surface area contributed by atoms with Crippen molar-refractivity contribution in [3.05, 3.63) is 79.1 Å². The zero-order valence-electron chi connectivity index (χ0n) is 12.9. The summed E-state index contributed by atoms with van der Waals surface area (Å²) in [5.41, 5.74) is 1.52. The third-order valence-corrected chi connectivity index (χ3v) is 3.95. The number of carbonyl (C=O) groups is 1. The van der Waals surface area contributed by atoms with Gasteiger partial charge in [0.1, 0.15) is 0 Å². The molecule has 3 aromatic carbocycles. The van der Waals surface area contributed by atoms with Gasteiger partial charge in [0.2, 0.25) is 0 Å². The number of anilines is 2. The zero-order chi connectivity index (χ0) is 16.4. The number of hydrogen-bond donors (Lipinski definition) is 2. The highest BCUT2D eigenvalue weighted by molar-refractivity contribution is 6.16. The molecular formula is C20H15N3O. The predicted molar refractivity (Wildman–Crippen MR) is 98.3 cm³/mol. The lowest BCUT2D eigenvalue weighted by atomic mass is 10.0. The molecule has 4 aromatic rings. The lowest BCUT2D eigenvalue weighted by Crippen LogP contribution is -2.19. The normalized spacial score (nSPS) is 10.7. The first-order valence-corrected chi connectivity index (χ1v) is 7.70. The summed E-state index contributed by atoms with van der Waals surface area (Å²) in [4.78, 5) is 16.4. The number of nitrogens with one attached hydrogen (secondary N) is 2. The minimum atomic E-state index is -0.275. The second-order valence-electron chi connectivity index (χ2n) is 5.51. The van der Waals surface area contributed by atoms with E-state index in [2.05, 4.69) is 21.7 Å². The van der Waals surface area contributed by atoms with E-state index in [1.807, 2.05) is 48.5 Å². The van der Waals surface area contributed by atoms with Crippen LogP contribution >= 0.6 is 0 Å². The molecule has 0 spiro atoms. The number of fused-ring (bicyclic) bond motifs is 2. The summed E-state index contributed by atoms with van der Waals surface area (Å²) in [5.74, 6) is 0. The van der Waals surface area contributed by atoms with Crippen molar-refractivity contribution in [2.24, 2.45) is 0 Å². The van der Waals surface area contributed by atoms with Gasteiger partial charge in [0, 0.05) is 28.9 Å². The Morgan fingerprint density at radius 3 is 1.96 bits per heavy atom. The van der Waals surface area contributed by atoms with Crippen LogP contribution < -0.4 is 10.6 Å². The molecule has 0 saturated carbocycles. The molecule has 24 heavy (non-hydrogen) atoms. The highest BCUT2D eigenvalue weighted by Gasteiger charge is 2.10. The van der Waals surface area contributed by atoms with Gasteiger partial charge in [-0.05, 0) is 29.0 Å². The standard InChI is InChI=1S/C20H15N3O/c24-20(22-16-9-11-21-12-10-16)23-19-17-7-3-1-5-14(17)13-15-6-2-4-8-18(15)19/h1-13H,(H2,21,22,23,24). The number of carbonyl (C=O) groups excluding carboxylic acids is 1. The fourth-order valence-electron chi connectivity index (χ4n) is 2.86. The maximum atomic E-state index is 12.4. The quantitative estimate of drug-likeness (QED) is 0.510. The van der Waals surface area contributed by atoms with Crippen molar-refractivity contribution in [1.82, 2.24) is 4.98 Å². The van der Waals surface area contributed by atoms with E-state index in [-0.39, 0.29) is 6.03 Å². The summed E-state index contributed by atoms with van der Waals surface area (Å²) < 4.78 is 0. The highest BCUT2D eigenvalue weighted by Crippen LogP contribution is 2.32. The van der Waals surface area contributed by atoms with Crippen LogP contribution in [0.2, 0.25) is 0 Å². The summed E-state index contributed by atoms with van der Waals surface area (Å²) in [6, 6.07) is 21.4. The largest absolute Gasteiger partial charge is 0.323 e. The predicted octanol–water partition coefficient (Wildman–Crippen LogP) is 5.03. The van der Waals surface area contributed by atoms with Crippen molar-refractivity contribution in [2.75, 3.05) is 10.6 Å². The molecule has 0 atom stereocenters. The Balaban J connectivity index is 1.77. The average molecular weight is 313 g/mol. The molecule has 0 aliphatic rings. The lowest BCUT2D eigenvalue weighted by molar-refractivity contribution is 0.262. The van der Waals surface area contributed by atoms with Crippen molar-refractivity contribution in [3.8, 4) is 0 Å². The number of rotatable bonds is 2. The smallest absolute Gasteiger partial charge is 0.308 e. The van der Waals surface area contributed by atoms with Crippen LogP contribution in [0.4, 0.5) is 16.2 Å². The molecule has 1 aromatic heterocycles. The molecule has 0 bridgehead atoms. The summed E-state index contributed by atoms with van der Waals surface area (Å²) in [6.45, 7) is 0. The molecule has 0 radical (unpaired) electrons. The van der Waals surface area contributed by atoms with Gasteiger partial charge in [-0.2, -0.15) is 0 Å². The van der Waals surface area contributed by atoms with Crippen molar-refractivity contribution in [3.63, 3.8) is 0 Å². The molecule has 4 rings (SSSR count). The summed E-state index contributed by atoms with van der Waals surface area (Å²) >= 11 is 0. The van der Waals surface area contributed by atoms with Crippen LogP contribution in [0.1, 0.15) is 0 Å². The van der Waals surface area contributed by atoms with Gasteiger partial charge < -0.3 is 10.6 Å². The Kier molecular flexibility index (Phi) is 3.56. The number of urea groups is 1. The van der Waals surface area contributed by atoms with E-state index in [1.165, 1.54) is 0 Å². The van der Waals surface area contributed by atoms with Gasteiger partial charge in [0.25, 0.3) is 0 Å². The molecule has 2 N–H and O–H groups in total. The van der Waals surface area contributed by atoms with Gasteiger partial charge in [-0.15, -0.1) is 0 Å². The first kappa shape index (κ1) is 14.2. The van der Waals surface area contributed by atoms with Gasteiger partial charge in [-0.25, -0.2) is 4.79 Å². The van der Waals surface area contributed by atoms with Gasteiger partial charge in [-0.1, -0.05) is 48.5 Å². The van der Waals surface area contributed by atoms with Crippen LogP contribution in [-0.2, 0) is 0 Å². The third kappa shape index (κ3) is 2.65. The molecule has 0 saturated heterocycles. The van der Waals surface area contributed by atoms with Crippen molar-refractivity contribution in [1.29, 1.82) is 0 Å². The molecule has 0 aliphatic carbocycles. The van der Waals surface area contributed by atoms with Crippen LogP contribution in [0.3, 0.4) is 0 Å². The fourth-order valence-corrected chi connectivity index (χ4v) is 2.86. The highest BCUT2D eigenvalue weighted by atomic mass is 16.2. The molecule has 4 nitrogen and oxygen atoms in total. The second kappa shape index (κ2) is 6.01. The monoisotopic (exact) mass is 313 g/mol. The van der Waals surface area contributed by atoms with E-state index in [0.29, 0.717) is 5.69 Å². The van der Waals surface area contributed by atoms with E-state index in [9.17, 15) is 4.79 Å².